The van der Waals surface area contributed by atoms with E-state index in [1.165, 1.54) is 16.5 Å². The predicted molar refractivity (Wildman–Crippen MR) is 111 cm³/mol. The summed E-state index contributed by atoms with van der Waals surface area (Å²) in [4.78, 5) is 16.4. The number of benzene rings is 2. The number of fused-ring (bicyclic) bond motifs is 2. The first kappa shape index (κ1) is 16.8. The molecule has 0 radical (unpaired) electrons. The van der Waals surface area contributed by atoms with Gasteiger partial charge in [-0.1, -0.05) is 18.2 Å². The van der Waals surface area contributed by atoms with Crippen molar-refractivity contribution < 1.29 is 0 Å². The Bertz CT molecular complexity index is 1140. The summed E-state index contributed by atoms with van der Waals surface area (Å²) in [6, 6.07) is 18.2. The molecule has 138 valence electrons. The molecule has 0 amide bonds. The van der Waals surface area contributed by atoms with Gasteiger partial charge in [-0.15, -0.1) is 0 Å². The van der Waals surface area contributed by atoms with Gasteiger partial charge in [0.1, 0.15) is 0 Å². The van der Waals surface area contributed by atoms with E-state index in [2.05, 4.69) is 33.1 Å². The zero-order chi connectivity index (χ0) is 18.9. The quantitative estimate of drug-likeness (QED) is 0.557. The van der Waals surface area contributed by atoms with Crippen molar-refractivity contribution in [1.82, 2.24) is 19.9 Å². The van der Waals surface area contributed by atoms with Crippen molar-refractivity contribution in [2.75, 3.05) is 12.3 Å². The Kier molecular flexibility index (Phi) is 4.22. The van der Waals surface area contributed by atoms with Crippen LogP contribution in [0.2, 0.25) is 0 Å². The number of aromatic nitrogens is 3. The lowest BCUT2D eigenvalue weighted by atomic mass is 10.1. The topological polar surface area (TPSA) is 67.9 Å². The van der Waals surface area contributed by atoms with Crippen molar-refractivity contribution in [2.45, 2.75) is 19.5 Å². The van der Waals surface area contributed by atoms with Crippen LogP contribution in [-0.2, 0) is 19.5 Å². The molecule has 2 aromatic carbocycles. The van der Waals surface area contributed by atoms with E-state index in [9.17, 15) is 0 Å². The second-order valence-electron chi connectivity index (χ2n) is 7.28. The first-order valence-electron chi connectivity index (χ1n) is 9.51. The number of pyridine rings is 1. The van der Waals surface area contributed by atoms with E-state index >= 15 is 0 Å². The summed E-state index contributed by atoms with van der Waals surface area (Å²) in [5, 5.41) is 1.19. The van der Waals surface area contributed by atoms with Crippen LogP contribution in [0.25, 0.3) is 22.3 Å². The molecule has 2 aromatic heterocycles. The fraction of sp³-hybridized carbons (Fsp3) is 0.174. The van der Waals surface area contributed by atoms with Crippen LogP contribution < -0.4 is 5.73 Å². The Labute approximate surface area is 163 Å². The lowest BCUT2D eigenvalue weighted by Gasteiger charge is -2.28. The second kappa shape index (κ2) is 7.02. The fourth-order valence-corrected chi connectivity index (χ4v) is 3.74. The average Bonchev–Trinajstić information content (AvgIpc) is 2.74. The summed E-state index contributed by atoms with van der Waals surface area (Å²) in [5.74, 6) is 0.769. The minimum Gasteiger partial charge on any atom is -0.399 e. The van der Waals surface area contributed by atoms with Crippen molar-refractivity contribution >= 4 is 16.6 Å². The van der Waals surface area contributed by atoms with E-state index in [1.807, 2.05) is 48.8 Å². The van der Waals surface area contributed by atoms with Crippen molar-refractivity contribution in [2.24, 2.45) is 0 Å². The average molecular weight is 367 g/mol. The van der Waals surface area contributed by atoms with Gasteiger partial charge in [-0.25, -0.2) is 9.97 Å². The first-order valence-corrected chi connectivity index (χ1v) is 9.51. The number of nitrogen functional groups attached to an aromatic ring is 1. The largest absolute Gasteiger partial charge is 0.399 e. The van der Waals surface area contributed by atoms with Gasteiger partial charge in [0.25, 0.3) is 0 Å². The number of hydrogen-bond donors (Lipinski definition) is 1. The SMILES string of the molecule is Nc1ccc(-c2ncc3c(n2)CCN(Cc2cnc4ccccc4c2)C3)cc1. The molecule has 0 saturated carbocycles. The molecule has 0 fully saturated rings. The van der Waals surface area contributed by atoms with E-state index in [-0.39, 0.29) is 0 Å². The Hall–Kier alpha value is -3.31. The molecular formula is C23H21N5. The Morgan fingerprint density at radius 2 is 1.82 bits per heavy atom. The normalized spacial score (nSPS) is 14.1. The zero-order valence-corrected chi connectivity index (χ0v) is 15.5. The Balaban J connectivity index is 1.34. The van der Waals surface area contributed by atoms with Crippen LogP contribution in [0.15, 0.2) is 67.0 Å². The third kappa shape index (κ3) is 3.32. The van der Waals surface area contributed by atoms with E-state index in [0.717, 1.165) is 54.3 Å². The summed E-state index contributed by atoms with van der Waals surface area (Å²) in [7, 11) is 0. The van der Waals surface area contributed by atoms with Gasteiger partial charge in [0.05, 0.1) is 11.2 Å². The lowest BCUT2D eigenvalue weighted by Crippen LogP contribution is -2.31. The third-order valence-corrected chi connectivity index (χ3v) is 5.24. The van der Waals surface area contributed by atoms with Crippen molar-refractivity contribution in [3.8, 4) is 11.4 Å². The van der Waals surface area contributed by atoms with E-state index < -0.39 is 0 Å². The molecule has 4 aromatic rings. The number of para-hydroxylation sites is 1. The number of nitrogens with two attached hydrogens (primary N) is 1. The highest BCUT2D eigenvalue weighted by Crippen LogP contribution is 2.23. The maximum absolute atomic E-state index is 5.77. The smallest absolute Gasteiger partial charge is 0.159 e. The maximum Gasteiger partial charge on any atom is 0.159 e. The molecule has 1 aliphatic heterocycles. The van der Waals surface area contributed by atoms with E-state index in [1.54, 1.807) is 0 Å². The molecule has 28 heavy (non-hydrogen) atoms. The van der Waals surface area contributed by atoms with Gasteiger partial charge in [-0.05, 0) is 42.0 Å². The second-order valence-corrected chi connectivity index (χ2v) is 7.28. The van der Waals surface area contributed by atoms with Crippen molar-refractivity contribution in [3.63, 3.8) is 0 Å². The third-order valence-electron chi connectivity index (χ3n) is 5.24. The summed E-state index contributed by atoms with van der Waals surface area (Å²) < 4.78 is 0. The molecule has 0 spiro atoms. The van der Waals surface area contributed by atoms with Gasteiger partial charge in [0, 0.05) is 60.6 Å². The van der Waals surface area contributed by atoms with Gasteiger partial charge < -0.3 is 5.73 Å². The van der Waals surface area contributed by atoms with Crippen LogP contribution in [0, 0.1) is 0 Å². The fourth-order valence-electron chi connectivity index (χ4n) is 3.74. The summed E-state index contributed by atoms with van der Waals surface area (Å²) in [6.45, 7) is 2.74. The van der Waals surface area contributed by atoms with Crippen molar-refractivity contribution in [3.05, 3.63) is 83.8 Å². The van der Waals surface area contributed by atoms with Crippen LogP contribution >= 0.6 is 0 Å². The molecule has 0 aliphatic carbocycles. The molecule has 0 atom stereocenters. The van der Waals surface area contributed by atoms with Crippen LogP contribution in [0.1, 0.15) is 16.8 Å². The van der Waals surface area contributed by atoms with Gasteiger partial charge >= 0.3 is 0 Å². The van der Waals surface area contributed by atoms with Crippen LogP contribution in [0.3, 0.4) is 0 Å². The highest BCUT2D eigenvalue weighted by molar-refractivity contribution is 5.78. The molecule has 0 saturated heterocycles. The van der Waals surface area contributed by atoms with Gasteiger partial charge in [-0.3, -0.25) is 9.88 Å². The van der Waals surface area contributed by atoms with Crippen LogP contribution in [0.4, 0.5) is 5.69 Å². The molecule has 0 bridgehead atoms. The minimum atomic E-state index is 0.750. The number of rotatable bonds is 3. The summed E-state index contributed by atoms with van der Waals surface area (Å²) in [6.07, 6.45) is 4.89. The minimum absolute atomic E-state index is 0.750. The van der Waals surface area contributed by atoms with E-state index in [4.69, 9.17) is 10.7 Å². The Morgan fingerprint density at radius 3 is 2.71 bits per heavy atom. The van der Waals surface area contributed by atoms with Crippen molar-refractivity contribution in [1.29, 1.82) is 0 Å². The summed E-state index contributed by atoms with van der Waals surface area (Å²) in [5.41, 5.74) is 12.2. The molecule has 5 nitrogen and oxygen atoms in total. The van der Waals surface area contributed by atoms with Gasteiger partial charge in [-0.2, -0.15) is 0 Å². The standard InChI is InChI=1S/C23H21N5/c24-20-7-5-17(6-8-20)23-26-13-19-15-28(10-9-22(19)27-23)14-16-11-18-3-1-2-4-21(18)25-12-16/h1-8,11-13H,9-10,14-15,24H2. The zero-order valence-electron chi connectivity index (χ0n) is 15.5. The van der Waals surface area contributed by atoms with Crippen LogP contribution in [-0.4, -0.2) is 26.4 Å². The number of anilines is 1. The molecule has 5 heteroatoms. The number of nitrogens with zero attached hydrogens (tertiary/aromatic N) is 4. The molecule has 5 rings (SSSR count). The number of hydrogen-bond acceptors (Lipinski definition) is 5. The lowest BCUT2D eigenvalue weighted by molar-refractivity contribution is 0.243. The first-order chi connectivity index (χ1) is 13.7. The Morgan fingerprint density at radius 1 is 0.964 bits per heavy atom. The summed E-state index contributed by atoms with van der Waals surface area (Å²) >= 11 is 0. The van der Waals surface area contributed by atoms with Crippen LogP contribution in [0.5, 0.6) is 0 Å². The molecular weight excluding hydrogens is 346 g/mol. The molecule has 0 unspecified atom stereocenters. The molecule has 3 heterocycles. The highest BCUT2D eigenvalue weighted by atomic mass is 15.1. The van der Waals surface area contributed by atoms with E-state index in [0.29, 0.717) is 0 Å². The van der Waals surface area contributed by atoms with Gasteiger partial charge in [0.2, 0.25) is 0 Å². The molecule has 1 aliphatic rings. The van der Waals surface area contributed by atoms with Gasteiger partial charge in [0.15, 0.2) is 5.82 Å². The monoisotopic (exact) mass is 367 g/mol. The highest BCUT2D eigenvalue weighted by Gasteiger charge is 2.19. The predicted octanol–water partition coefficient (Wildman–Crippen LogP) is 3.83. The molecule has 2 N–H and O–H groups in total. The maximum atomic E-state index is 5.77.